The molecular formula is C36H33F3N4O5. The first-order chi connectivity index (χ1) is 23.0. The molecule has 0 saturated heterocycles. The first-order valence-corrected chi connectivity index (χ1v) is 15.0. The van der Waals surface area contributed by atoms with Gasteiger partial charge in [-0.25, -0.2) is 4.79 Å². The summed E-state index contributed by atoms with van der Waals surface area (Å²) in [5, 5.41) is 19.4. The maximum Gasteiger partial charge on any atom is 0.490 e. The van der Waals surface area contributed by atoms with Crippen molar-refractivity contribution >= 4 is 23.5 Å². The van der Waals surface area contributed by atoms with E-state index in [1.807, 2.05) is 72.8 Å². The number of carboxylic acids is 1. The second-order valence-corrected chi connectivity index (χ2v) is 10.9. The third-order valence-corrected chi connectivity index (χ3v) is 7.52. The van der Waals surface area contributed by atoms with Crippen LogP contribution in [0.3, 0.4) is 0 Å². The molecule has 4 aromatic rings. The second kappa shape index (κ2) is 16.2. The molecule has 1 aliphatic rings. The zero-order chi connectivity index (χ0) is 34.7. The lowest BCUT2D eigenvalue weighted by molar-refractivity contribution is -0.192. The fraction of sp³-hybridized carbons (Fsp3) is 0.222. The number of aryl methyl sites for hydroxylation is 1. The Balaban J connectivity index is 0.000000671. The molecule has 1 atom stereocenters. The van der Waals surface area contributed by atoms with Crippen LogP contribution in [0.25, 0.3) is 0 Å². The molecule has 248 valence electrons. The molecule has 1 unspecified atom stereocenters. The fourth-order valence-corrected chi connectivity index (χ4v) is 5.13. The van der Waals surface area contributed by atoms with Crippen molar-refractivity contribution in [3.63, 3.8) is 0 Å². The standard InChI is InChI=1S/C34H32N4O3.C2HF3O2/c35-21-24-12-14-25(15-13-24)23-38(31-10-3-4-11-32(31)41-28-8-5-6-26(20-28)22-36)34(40)19-18-33(39)37-30-17-16-27-7-1-2-9-29(27)30;3-2(4,5)1(6)7/h1-15,20,30H,16-19,22-23,36H2,(H,37,39);(H,6,7). The predicted molar refractivity (Wildman–Crippen MR) is 172 cm³/mol. The number of aliphatic carboxylic acids is 1. The van der Waals surface area contributed by atoms with Gasteiger partial charge in [-0.3, -0.25) is 9.59 Å². The predicted octanol–water partition coefficient (Wildman–Crippen LogP) is 6.56. The minimum atomic E-state index is -5.08. The minimum absolute atomic E-state index is 0.0260. The number of hydrogen-bond acceptors (Lipinski definition) is 6. The van der Waals surface area contributed by atoms with E-state index in [2.05, 4.69) is 23.5 Å². The maximum atomic E-state index is 13.7. The molecule has 48 heavy (non-hydrogen) atoms. The van der Waals surface area contributed by atoms with Gasteiger partial charge in [0.05, 0.1) is 29.9 Å². The highest BCUT2D eigenvalue weighted by Gasteiger charge is 2.38. The van der Waals surface area contributed by atoms with Gasteiger partial charge in [0.2, 0.25) is 11.8 Å². The van der Waals surface area contributed by atoms with Crippen molar-refractivity contribution in [1.82, 2.24) is 5.32 Å². The number of anilines is 1. The molecule has 0 saturated carbocycles. The molecule has 0 aromatic heterocycles. The van der Waals surface area contributed by atoms with Gasteiger partial charge in [0.1, 0.15) is 5.75 Å². The lowest BCUT2D eigenvalue weighted by atomic mass is 10.1. The number of nitrogens with two attached hydrogens (primary N) is 1. The van der Waals surface area contributed by atoms with Crippen molar-refractivity contribution in [3.8, 4) is 17.6 Å². The van der Waals surface area contributed by atoms with E-state index in [9.17, 15) is 28.0 Å². The monoisotopic (exact) mass is 658 g/mol. The molecule has 0 bridgehead atoms. The summed E-state index contributed by atoms with van der Waals surface area (Å²) in [5.41, 5.74) is 11.1. The Kier molecular flexibility index (Phi) is 11.9. The third kappa shape index (κ3) is 9.67. The molecule has 0 aliphatic heterocycles. The molecule has 5 rings (SSSR count). The van der Waals surface area contributed by atoms with Gasteiger partial charge in [0, 0.05) is 19.4 Å². The summed E-state index contributed by atoms with van der Waals surface area (Å²) >= 11 is 0. The summed E-state index contributed by atoms with van der Waals surface area (Å²) in [6.45, 7) is 0.641. The van der Waals surface area contributed by atoms with Crippen LogP contribution in [0.1, 0.15) is 53.1 Å². The zero-order valence-corrected chi connectivity index (χ0v) is 25.7. The maximum absolute atomic E-state index is 13.7. The quantitative estimate of drug-likeness (QED) is 0.175. The Labute approximate surface area is 275 Å². The highest BCUT2D eigenvalue weighted by Crippen LogP contribution is 2.34. The molecule has 0 spiro atoms. The Morgan fingerprint density at radius 3 is 2.31 bits per heavy atom. The van der Waals surface area contributed by atoms with Crippen LogP contribution in [-0.2, 0) is 33.9 Å². The van der Waals surface area contributed by atoms with E-state index in [0.717, 1.165) is 29.5 Å². The lowest BCUT2D eigenvalue weighted by Crippen LogP contribution is -2.33. The first kappa shape index (κ1) is 35.2. The van der Waals surface area contributed by atoms with E-state index in [0.29, 0.717) is 29.3 Å². The summed E-state index contributed by atoms with van der Waals surface area (Å²) in [7, 11) is 0. The van der Waals surface area contributed by atoms with Crippen molar-refractivity contribution in [2.24, 2.45) is 5.73 Å². The fourth-order valence-electron chi connectivity index (χ4n) is 5.13. The van der Waals surface area contributed by atoms with Gasteiger partial charge < -0.3 is 25.8 Å². The smallest absolute Gasteiger partial charge is 0.475 e. The Morgan fingerprint density at radius 1 is 0.938 bits per heavy atom. The summed E-state index contributed by atoms with van der Waals surface area (Å²) in [6, 6.07) is 32.2. The van der Waals surface area contributed by atoms with Gasteiger partial charge >= 0.3 is 12.1 Å². The normalized spacial score (nSPS) is 13.3. The number of halogens is 3. The number of carbonyl (C=O) groups excluding carboxylic acids is 2. The van der Waals surface area contributed by atoms with Gasteiger partial charge in [0.25, 0.3) is 0 Å². The lowest BCUT2D eigenvalue weighted by Gasteiger charge is -2.25. The van der Waals surface area contributed by atoms with E-state index < -0.39 is 12.1 Å². The summed E-state index contributed by atoms with van der Waals surface area (Å²) in [6.07, 6.45) is -3.18. The van der Waals surface area contributed by atoms with Crippen LogP contribution in [-0.4, -0.2) is 29.1 Å². The molecule has 0 fully saturated rings. The number of amides is 2. The Bertz CT molecular complexity index is 1790. The molecule has 0 heterocycles. The van der Waals surface area contributed by atoms with Crippen LogP contribution in [0.4, 0.5) is 18.9 Å². The van der Waals surface area contributed by atoms with Crippen LogP contribution in [0.15, 0.2) is 97.1 Å². The average molecular weight is 659 g/mol. The summed E-state index contributed by atoms with van der Waals surface area (Å²) < 4.78 is 38.0. The molecule has 9 nitrogen and oxygen atoms in total. The minimum Gasteiger partial charge on any atom is -0.475 e. The second-order valence-electron chi connectivity index (χ2n) is 10.9. The molecule has 2 amide bonds. The number of nitrogens with zero attached hydrogens (tertiary/aromatic N) is 2. The third-order valence-electron chi connectivity index (χ3n) is 7.52. The molecule has 4 aromatic carbocycles. The van der Waals surface area contributed by atoms with E-state index in [4.69, 9.17) is 20.4 Å². The summed E-state index contributed by atoms with van der Waals surface area (Å²) in [4.78, 5) is 37.2. The van der Waals surface area contributed by atoms with Crippen LogP contribution in [0.2, 0.25) is 0 Å². The largest absolute Gasteiger partial charge is 0.490 e. The molecule has 0 radical (unpaired) electrons. The number of nitrogens with one attached hydrogen (secondary N) is 1. The van der Waals surface area contributed by atoms with Gasteiger partial charge in [-0.2, -0.15) is 18.4 Å². The van der Waals surface area contributed by atoms with Crippen molar-refractivity contribution in [2.45, 2.75) is 51.0 Å². The number of nitriles is 1. The van der Waals surface area contributed by atoms with E-state index in [1.54, 1.807) is 17.0 Å². The first-order valence-electron chi connectivity index (χ1n) is 15.0. The average Bonchev–Trinajstić information content (AvgIpc) is 3.49. The van der Waals surface area contributed by atoms with Crippen molar-refractivity contribution in [2.75, 3.05) is 4.90 Å². The van der Waals surface area contributed by atoms with Gasteiger partial charge in [-0.05, 0) is 71.5 Å². The number of carboxylic acid groups (broad SMARTS) is 1. The molecule has 12 heteroatoms. The van der Waals surface area contributed by atoms with E-state index in [1.165, 1.54) is 5.56 Å². The van der Waals surface area contributed by atoms with Gasteiger partial charge in [-0.15, -0.1) is 0 Å². The highest BCUT2D eigenvalue weighted by atomic mass is 19.4. The van der Waals surface area contributed by atoms with Crippen molar-refractivity contribution < 1.29 is 37.4 Å². The Hall–Kier alpha value is -5.67. The number of fused-ring (bicyclic) bond motifs is 1. The number of rotatable bonds is 10. The number of carbonyl (C=O) groups is 3. The van der Waals surface area contributed by atoms with Gasteiger partial charge in [-0.1, -0.05) is 60.7 Å². The Morgan fingerprint density at radius 2 is 1.62 bits per heavy atom. The number of alkyl halides is 3. The number of hydrogen-bond donors (Lipinski definition) is 3. The molecular weight excluding hydrogens is 625 g/mol. The SMILES string of the molecule is N#Cc1ccc(CN(C(=O)CCC(=O)NC2CCc3ccccc32)c2ccccc2Oc2cccc(CN)c2)cc1.O=C(O)C(F)(F)F. The number of para-hydroxylation sites is 2. The summed E-state index contributed by atoms with van der Waals surface area (Å²) in [5.74, 6) is -1.99. The van der Waals surface area contributed by atoms with Crippen molar-refractivity contribution in [1.29, 1.82) is 5.26 Å². The number of benzene rings is 4. The molecule has 1 aliphatic carbocycles. The van der Waals surface area contributed by atoms with E-state index in [-0.39, 0.29) is 37.2 Å². The zero-order valence-electron chi connectivity index (χ0n) is 25.7. The van der Waals surface area contributed by atoms with Crippen LogP contribution < -0.4 is 20.7 Å². The highest BCUT2D eigenvalue weighted by molar-refractivity contribution is 5.96. The molecule has 4 N–H and O–H groups in total. The number of ether oxygens (including phenoxy) is 1. The van der Waals surface area contributed by atoms with E-state index >= 15 is 0 Å². The van der Waals surface area contributed by atoms with Crippen LogP contribution in [0.5, 0.6) is 11.5 Å². The van der Waals surface area contributed by atoms with Crippen LogP contribution in [0, 0.1) is 11.3 Å². The van der Waals surface area contributed by atoms with Crippen LogP contribution >= 0.6 is 0 Å². The van der Waals surface area contributed by atoms with Gasteiger partial charge in [0.15, 0.2) is 5.75 Å². The van der Waals surface area contributed by atoms with Crippen molar-refractivity contribution in [3.05, 3.63) is 125 Å². The topological polar surface area (TPSA) is 146 Å².